The first kappa shape index (κ1) is 11.2. The number of aromatic nitrogens is 1. The van der Waals surface area contributed by atoms with Crippen molar-refractivity contribution < 1.29 is 4.79 Å². The van der Waals surface area contributed by atoms with Crippen molar-refractivity contribution in [1.29, 1.82) is 0 Å². The summed E-state index contributed by atoms with van der Waals surface area (Å²) in [6.07, 6.45) is 3.87. The molecule has 5 heteroatoms. The van der Waals surface area contributed by atoms with E-state index in [-0.39, 0.29) is 6.17 Å². The highest BCUT2D eigenvalue weighted by atomic mass is 16.1. The van der Waals surface area contributed by atoms with Crippen LogP contribution in [-0.2, 0) is 4.79 Å². The maximum absolute atomic E-state index is 10.1. The highest BCUT2D eigenvalue weighted by Gasteiger charge is 1.98. The predicted molar refractivity (Wildman–Crippen MR) is 58.2 cm³/mol. The van der Waals surface area contributed by atoms with Gasteiger partial charge in [0.1, 0.15) is 6.17 Å². The third-order valence-corrected chi connectivity index (χ3v) is 1.84. The fourth-order valence-corrected chi connectivity index (χ4v) is 0.991. The Kier molecular flexibility index (Phi) is 4.28. The molecule has 1 heterocycles. The molecule has 15 heavy (non-hydrogen) atoms. The number of nitrogens with one attached hydrogen (secondary N) is 2. The molecule has 0 saturated carbocycles. The van der Waals surface area contributed by atoms with E-state index in [1.54, 1.807) is 19.3 Å². The molecule has 1 unspecified atom stereocenters. The first-order chi connectivity index (χ1) is 7.24. The molecule has 2 N–H and O–H groups in total. The van der Waals surface area contributed by atoms with E-state index in [1.807, 2.05) is 19.1 Å². The van der Waals surface area contributed by atoms with Gasteiger partial charge in [0.05, 0.1) is 5.71 Å². The van der Waals surface area contributed by atoms with Crippen molar-refractivity contribution in [2.24, 2.45) is 5.10 Å². The van der Waals surface area contributed by atoms with Crippen molar-refractivity contribution in [3.63, 3.8) is 0 Å². The minimum absolute atomic E-state index is 0.181. The number of rotatable bonds is 5. The molecule has 1 amide bonds. The Morgan fingerprint density at radius 1 is 1.53 bits per heavy atom. The van der Waals surface area contributed by atoms with Gasteiger partial charge in [-0.25, -0.2) is 0 Å². The lowest BCUT2D eigenvalue weighted by atomic mass is 10.2. The van der Waals surface area contributed by atoms with Crippen LogP contribution in [0.4, 0.5) is 0 Å². The lowest BCUT2D eigenvalue weighted by molar-refractivity contribution is -0.110. The maximum Gasteiger partial charge on any atom is 0.208 e. The van der Waals surface area contributed by atoms with Crippen LogP contribution in [0.3, 0.4) is 0 Å². The molecule has 0 fully saturated rings. The number of nitrogens with zero attached hydrogens (tertiary/aromatic N) is 2. The molecular formula is C10H14N4O. The second-order valence-corrected chi connectivity index (χ2v) is 3.07. The Balaban J connectivity index is 2.57. The van der Waals surface area contributed by atoms with Crippen molar-refractivity contribution in [1.82, 2.24) is 15.7 Å². The zero-order valence-electron chi connectivity index (χ0n) is 8.77. The maximum atomic E-state index is 10.1. The molecule has 1 aromatic heterocycles. The number of amides is 1. The summed E-state index contributed by atoms with van der Waals surface area (Å²) in [6, 6.07) is 3.75. The van der Waals surface area contributed by atoms with Crippen LogP contribution in [0.25, 0.3) is 0 Å². The largest absolute Gasteiger partial charge is 0.338 e. The standard InChI is InChI=1S/C10H14N4O/c1-8(10-3-5-11-6-4-10)13-14-9(2)12-7-15/h3-7,9,14H,1-2H3,(H,12,15)/b13-8+. The number of hydrazone groups is 1. The van der Waals surface area contributed by atoms with Gasteiger partial charge in [-0.05, 0) is 26.0 Å². The van der Waals surface area contributed by atoms with Gasteiger partial charge in [0, 0.05) is 18.0 Å². The Hall–Kier alpha value is -1.91. The summed E-state index contributed by atoms with van der Waals surface area (Å²) in [4.78, 5) is 14.0. The van der Waals surface area contributed by atoms with Gasteiger partial charge in [-0.3, -0.25) is 15.2 Å². The van der Waals surface area contributed by atoms with Crippen molar-refractivity contribution in [2.75, 3.05) is 0 Å². The van der Waals surface area contributed by atoms with Gasteiger partial charge in [0.25, 0.3) is 0 Å². The van der Waals surface area contributed by atoms with E-state index in [2.05, 4.69) is 20.8 Å². The summed E-state index contributed by atoms with van der Waals surface area (Å²) in [5.41, 5.74) is 4.65. The van der Waals surface area contributed by atoms with Gasteiger partial charge < -0.3 is 5.32 Å². The fourth-order valence-electron chi connectivity index (χ4n) is 0.991. The minimum Gasteiger partial charge on any atom is -0.338 e. The highest BCUT2D eigenvalue weighted by molar-refractivity contribution is 5.98. The van der Waals surface area contributed by atoms with E-state index in [4.69, 9.17) is 0 Å². The molecule has 0 spiro atoms. The Bertz CT molecular complexity index is 337. The molecule has 0 saturated heterocycles. The zero-order chi connectivity index (χ0) is 11.1. The van der Waals surface area contributed by atoms with Crippen LogP contribution in [0.2, 0.25) is 0 Å². The average molecular weight is 206 g/mol. The smallest absolute Gasteiger partial charge is 0.208 e. The van der Waals surface area contributed by atoms with Gasteiger partial charge in [0.2, 0.25) is 6.41 Å². The molecule has 0 aliphatic carbocycles. The third-order valence-electron chi connectivity index (χ3n) is 1.84. The summed E-state index contributed by atoms with van der Waals surface area (Å²) >= 11 is 0. The first-order valence-electron chi connectivity index (χ1n) is 4.64. The molecule has 0 bridgehead atoms. The topological polar surface area (TPSA) is 66.4 Å². The number of pyridine rings is 1. The molecule has 0 aromatic carbocycles. The van der Waals surface area contributed by atoms with Crippen molar-refractivity contribution in [3.05, 3.63) is 30.1 Å². The molecule has 1 atom stereocenters. The van der Waals surface area contributed by atoms with E-state index in [0.717, 1.165) is 11.3 Å². The van der Waals surface area contributed by atoms with E-state index < -0.39 is 0 Å². The SMILES string of the molecule is C/C(=N\NC(C)NC=O)c1ccncc1. The molecule has 0 radical (unpaired) electrons. The zero-order valence-corrected chi connectivity index (χ0v) is 8.77. The van der Waals surface area contributed by atoms with Gasteiger partial charge in [-0.1, -0.05) is 0 Å². The molecule has 80 valence electrons. The van der Waals surface area contributed by atoms with E-state index in [9.17, 15) is 4.79 Å². The Morgan fingerprint density at radius 3 is 2.80 bits per heavy atom. The lowest BCUT2D eigenvalue weighted by Gasteiger charge is -2.10. The normalized spacial score (nSPS) is 13.1. The number of hydrogen-bond acceptors (Lipinski definition) is 4. The molecule has 1 aromatic rings. The highest BCUT2D eigenvalue weighted by Crippen LogP contribution is 1.97. The second-order valence-electron chi connectivity index (χ2n) is 3.07. The van der Waals surface area contributed by atoms with Crippen molar-refractivity contribution >= 4 is 12.1 Å². The van der Waals surface area contributed by atoms with Crippen LogP contribution in [0.15, 0.2) is 29.6 Å². The van der Waals surface area contributed by atoms with Crippen LogP contribution in [0.5, 0.6) is 0 Å². The summed E-state index contributed by atoms with van der Waals surface area (Å²) in [7, 11) is 0. The van der Waals surface area contributed by atoms with Crippen LogP contribution >= 0.6 is 0 Å². The van der Waals surface area contributed by atoms with E-state index in [0.29, 0.717) is 6.41 Å². The average Bonchev–Trinajstić information content (AvgIpc) is 2.27. The Labute approximate surface area is 88.6 Å². The van der Waals surface area contributed by atoms with Crippen LogP contribution < -0.4 is 10.7 Å². The quantitative estimate of drug-likeness (QED) is 0.319. The summed E-state index contributed by atoms with van der Waals surface area (Å²) in [6.45, 7) is 3.69. The third kappa shape index (κ3) is 3.76. The van der Waals surface area contributed by atoms with Crippen molar-refractivity contribution in [3.8, 4) is 0 Å². The summed E-state index contributed by atoms with van der Waals surface area (Å²) in [5, 5.41) is 6.67. The van der Waals surface area contributed by atoms with Gasteiger partial charge in [-0.2, -0.15) is 5.10 Å². The van der Waals surface area contributed by atoms with E-state index >= 15 is 0 Å². The van der Waals surface area contributed by atoms with Gasteiger partial charge in [0.15, 0.2) is 0 Å². The first-order valence-corrected chi connectivity index (χ1v) is 4.64. The number of carbonyl (C=O) groups excluding carboxylic acids is 1. The van der Waals surface area contributed by atoms with Crippen LogP contribution in [-0.4, -0.2) is 23.3 Å². The van der Waals surface area contributed by atoms with Gasteiger partial charge >= 0.3 is 0 Å². The van der Waals surface area contributed by atoms with E-state index in [1.165, 1.54) is 0 Å². The Morgan fingerprint density at radius 2 is 2.20 bits per heavy atom. The fraction of sp³-hybridized carbons (Fsp3) is 0.300. The molecule has 0 aliphatic heterocycles. The van der Waals surface area contributed by atoms with Crippen LogP contribution in [0, 0.1) is 0 Å². The van der Waals surface area contributed by atoms with Crippen LogP contribution in [0.1, 0.15) is 19.4 Å². The summed E-state index contributed by atoms with van der Waals surface area (Å²) in [5.74, 6) is 0. The monoisotopic (exact) mass is 206 g/mol. The van der Waals surface area contributed by atoms with Crippen molar-refractivity contribution in [2.45, 2.75) is 20.0 Å². The van der Waals surface area contributed by atoms with Gasteiger partial charge in [-0.15, -0.1) is 0 Å². The number of carbonyl (C=O) groups is 1. The predicted octanol–water partition coefficient (Wildman–Crippen LogP) is 0.487. The molecule has 0 aliphatic rings. The molecular weight excluding hydrogens is 192 g/mol. The molecule has 1 rings (SSSR count). The second kappa shape index (κ2) is 5.74. The summed E-state index contributed by atoms with van der Waals surface area (Å²) < 4.78 is 0. The lowest BCUT2D eigenvalue weighted by Crippen LogP contribution is -2.36. The number of hydrogen-bond donors (Lipinski definition) is 2. The molecule has 5 nitrogen and oxygen atoms in total. The minimum atomic E-state index is -0.181.